The van der Waals surface area contributed by atoms with E-state index in [4.69, 9.17) is 15.2 Å². The van der Waals surface area contributed by atoms with E-state index in [1.165, 1.54) is 6.07 Å². The van der Waals surface area contributed by atoms with Crippen molar-refractivity contribution in [3.8, 4) is 5.75 Å². The predicted molar refractivity (Wildman–Crippen MR) is 99.3 cm³/mol. The molecule has 0 bridgehead atoms. The van der Waals surface area contributed by atoms with Crippen LogP contribution in [0.1, 0.15) is 32.8 Å². The summed E-state index contributed by atoms with van der Waals surface area (Å²) in [6.45, 7) is 7.33. The second kappa shape index (κ2) is 8.50. The molecule has 26 heavy (non-hydrogen) atoms. The van der Waals surface area contributed by atoms with Crippen LogP contribution >= 0.6 is 12.4 Å². The van der Waals surface area contributed by atoms with E-state index in [0.29, 0.717) is 30.0 Å². The lowest BCUT2D eigenvalue weighted by Gasteiger charge is -2.57. The summed E-state index contributed by atoms with van der Waals surface area (Å²) in [7, 11) is 0. The molecule has 3 N–H and O–H groups in total. The smallest absolute Gasteiger partial charge is 0.272 e. The number of carbonyl (C=O) groups excluding carboxylic acids is 1. The Morgan fingerprint density at radius 1 is 1.42 bits per heavy atom. The van der Waals surface area contributed by atoms with Crippen LogP contribution in [-0.2, 0) is 9.53 Å². The molecule has 1 aromatic rings. The number of halogens is 3. The number of nitrogens with two attached hydrogens (primary N) is 1. The van der Waals surface area contributed by atoms with Crippen LogP contribution in [0, 0.1) is 12.3 Å². The van der Waals surface area contributed by atoms with E-state index in [2.05, 4.69) is 5.32 Å². The quantitative estimate of drug-likeness (QED) is 0.744. The number of amides is 1. The fourth-order valence-corrected chi connectivity index (χ4v) is 3.05. The second-order valence-electron chi connectivity index (χ2n) is 6.98. The average Bonchev–Trinajstić information content (AvgIpc) is 2.54. The molecule has 2 atom stereocenters. The number of hydrogen-bond acceptors (Lipinski definition) is 4. The van der Waals surface area contributed by atoms with Gasteiger partial charge in [-0.25, -0.2) is 8.78 Å². The van der Waals surface area contributed by atoms with Crippen LogP contribution in [0.4, 0.5) is 14.5 Å². The van der Waals surface area contributed by atoms with Crippen LogP contribution in [0.5, 0.6) is 5.75 Å². The van der Waals surface area contributed by atoms with Gasteiger partial charge in [-0.3, -0.25) is 4.79 Å². The van der Waals surface area contributed by atoms with Gasteiger partial charge in [-0.15, -0.1) is 12.4 Å². The number of ether oxygens (including phenoxy) is 2. The first-order chi connectivity index (χ1) is 11.6. The van der Waals surface area contributed by atoms with Crippen molar-refractivity contribution in [2.45, 2.75) is 52.2 Å². The standard InChI is InChI=1S/C18H26F2N2O3.ClH/c1-5-24-14-9-18(21,17(14,3)4)16(23)22-12-7-6-11(2)13(8-12)25-10-15(19)20;/h6-8,14-15H,5,9-10,21H2,1-4H3,(H,22,23);1H. The molecule has 1 fully saturated rings. The lowest BCUT2D eigenvalue weighted by atomic mass is 9.54. The molecule has 1 amide bonds. The Morgan fingerprint density at radius 2 is 2.08 bits per heavy atom. The molecule has 1 aliphatic rings. The largest absolute Gasteiger partial charge is 0.487 e. The van der Waals surface area contributed by atoms with E-state index in [1.807, 2.05) is 20.8 Å². The van der Waals surface area contributed by atoms with Crippen molar-refractivity contribution in [2.24, 2.45) is 11.1 Å². The van der Waals surface area contributed by atoms with E-state index in [-0.39, 0.29) is 24.4 Å². The van der Waals surface area contributed by atoms with Crippen LogP contribution in [0.3, 0.4) is 0 Å². The molecule has 2 unspecified atom stereocenters. The van der Waals surface area contributed by atoms with E-state index in [9.17, 15) is 13.6 Å². The molecule has 0 radical (unpaired) electrons. The van der Waals surface area contributed by atoms with E-state index in [0.717, 1.165) is 0 Å². The third kappa shape index (κ3) is 4.27. The van der Waals surface area contributed by atoms with Gasteiger partial charge in [0.05, 0.1) is 6.10 Å². The topological polar surface area (TPSA) is 73.6 Å². The van der Waals surface area contributed by atoms with Gasteiger partial charge in [-0.2, -0.15) is 0 Å². The summed E-state index contributed by atoms with van der Waals surface area (Å²) in [6, 6.07) is 4.93. The minimum absolute atomic E-state index is 0. The van der Waals surface area contributed by atoms with Gasteiger partial charge in [-0.05, 0) is 25.5 Å². The Morgan fingerprint density at radius 3 is 2.62 bits per heavy atom. The molecule has 5 nitrogen and oxygen atoms in total. The molecule has 0 aliphatic heterocycles. The average molecular weight is 393 g/mol. The predicted octanol–water partition coefficient (Wildman–Crippen LogP) is 3.53. The molecule has 1 aromatic carbocycles. The van der Waals surface area contributed by atoms with Crippen LogP contribution in [-0.4, -0.2) is 37.2 Å². The molecule has 0 saturated heterocycles. The number of carbonyl (C=O) groups is 1. The number of anilines is 1. The summed E-state index contributed by atoms with van der Waals surface area (Å²) in [4.78, 5) is 12.7. The maximum absolute atomic E-state index is 12.7. The van der Waals surface area contributed by atoms with Gasteiger partial charge < -0.3 is 20.5 Å². The van der Waals surface area contributed by atoms with Crippen LogP contribution in [0.15, 0.2) is 18.2 Å². The van der Waals surface area contributed by atoms with Gasteiger partial charge in [0.25, 0.3) is 6.43 Å². The van der Waals surface area contributed by atoms with Crippen molar-refractivity contribution in [1.82, 2.24) is 0 Å². The molecule has 8 heteroatoms. The molecule has 0 aromatic heterocycles. The SMILES string of the molecule is CCOC1CC(N)(C(=O)Nc2ccc(C)c(OCC(F)F)c2)C1(C)C.Cl. The minimum Gasteiger partial charge on any atom is -0.487 e. The molecular formula is C18H27ClF2N2O3. The molecular weight excluding hydrogens is 366 g/mol. The highest BCUT2D eigenvalue weighted by Gasteiger charge is 2.62. The zero-order chi connectivity index (χ0) is 18.8. The fraction of sp³-hybridized carbons (Fsp3) is 0.611. The summed E-state index contributed by atoms with van der Waals surface area (Å²) in [5.41, 5.74) is 5.94. The van der Waals surface area contributed by atoms with Crippen LogP contribution in [0.2, 0.25) is 0 Å². The number of aryl methyl sites for hydroxylation is 1. The summed E-state index contributed by atoms with van der Waals surface area (Å²) in [5.74, 6) is -0.0126. The Labute approximate surface area is 159 Å². The zero-order valence-electron chi connectivity index (χ0n) is 15.5. The lowest BCUT2D eigenvalue weighted by Crippen LogP contribution is -2.74. The lowest BCUT2D eigenvalue weighted by molar-refractivity contribution is -0.166. The van der Waals surface area contributed by atoms with Crippen molar-refractivity contribution in [1.29, 1.82) is 0 Å². The van der Waals surface area contributed by atoms with Crippen LogP contribution < -0.4 is 15.8 Å². The summed E-state index contributed by atoms with van der Waals surface area (Å²) >= 11 is 0. The molecule has 2 rings (SSSR count). The Kier molecular flexibility index (Phi) is 7.39. The monoisotopic (exact) mass is 392 g/mol. The van der Waals surface area contributed by atoms with Crippen molar-refractivity contribution in [2.75, 3.05) is 18.5 Å². The molecule has 0 spiro atoms. The molecule has 1 saturated carbocycles. The van der Waals surface area contributed by atoms with Gasteiger partial charge in [-0.1, -0.05) is 19.9 Å². The molecule has 0 heterocycles. The first kappa shape index (κ1) is 22.6. The van der Waals surface area contributed by atoms with Crippen molar-refractivity contribution >= 4 is 24.0 Å². The highest BCUT2D eigenvalue weighted by Crippen LogP contribution is 2.50. The molecule has 1 aliphatic carbocycles. The van der Waals surface area contributed by atoms with Gasteiger partial charge in [0, 0.05) is 30.2 Å². The fourth-order valence-electron chi connectivity index (χ4n) is 3.05. The Bertz CT molecular complexity index is 643. The maximum atomic E-state index is 12.7. The highest BCUT2D eigenvalue weighted by molar-refractivity contribution is 6.00. The summed E-state index contributed by atoms with van der Waals surface area (Å²) in [6.07, 6.45) is -2.20. The summed E-state index contributed by atoms with van der Waals surface area (Å²) in [5, 5.41) is 2.77. The first-order valence-corrected chi connectivity index (χ1v) is 8.35. The highest BCUT2D eigenvalue weighted by atomic mass is 35.5. The number of hydrogen-bond donors (Lipinski definition) is 2. The number of rotatable bonds is 7. The number of benzene rings is 1. The van der Waals surface area contributed by atoms with Crippen LogP contribution in [0.25, 0.3) is 0 Å². The normalized spacial score (nSPS) is 23.8. The van der Waals surface area contributed by atoms with Gasteiger partial charge in [0.1, 0.15) is 17.9 Å². The Hall–Kier alpha value is -1.44. The second-order valence-corrected chi connectivity index (χ2v) is 6.98. The first-order valence-electron chi connectivity index (χ1n) is 8.35. The minimum atomic E-state index is -2.56. The van der Waals surface area contributed by atoms with Crippen molar-refractivity contribution in [3.63, 3.8) is 0 Å². The third-order valence-electron chi connectivity index (χ3n) is 5.05. The van der Waals surface area contributed by atoms with E-state index < -0.39 is 24.0 Å². The zero-order valence-corrected chi connectivity index (χ0v) is 16.3. The van der Waals surface area contributed by atoms with E-state index in [1.54, 1.807) is 19.1 Å². The van der Waals surface area contributed by atoms with Gasteiger partial charge in [0.15, 0.2) is 0 Å². The number of nitrogens with one attached hydrogen (secondary N) is 1. The van der Waals surface area contributed by atoms with Crippen molar-refractivity contribution in [3.05, 3.63) is 23.8 Å². The Balaban J connectivity index is 0.00000338. The summed E-state index contributed by atoms with van der Waals surface area (Å²) < 4.78 is 35.4. The van der Waals surface area contributed by atoms with E-state index >= 15 is 0 Å². The number of alkyl halides is 2. The van der Waals surface area contributed by atoms with Gasteiger partial charge in [0.2, 0.25) is 5.91 Å². The maximum Gasteiger partial charge on any atom is 0.272 e. The third-order valence-corrected chi connectivity index (χ3v) is 5.05. The van der Waals surface area contributed by atoms with Gasteiger partial charge >= 0.3 is 0 Å². The van der Waals surface area contributed by atoms with Crippen molar-refractivity contribution < 1.29 is 23.0 Å². The molecule has 148 valence electrons.